The zero-order valence-electron chi connectivity index (χ0n) is 14.6. The van der Waals surface area contributed by atoms with Crippen molar-refractivity contribution in [3.05, 3.63) is 58.5 Å². The summed E-state index contributed by atoms with van der Waals surface area (Å²) in [7, 11) is 0. The molecule has 0 atom stereocenters. The first kappa shape index (κ1) is 17.8. The molecule has 0 radical (unpaired) electrons. The second-order valence-corrected chi connectivity index (χ2v) is 6.42. The lowest BCUT2D eigenvalue weighted by atomic mass is 10.0. The highest BCUT2D eigenvalue weighted by atomic mass is 16.3. The molecule has 0 aliphatic carbocycles. The van der Waals surface area contributed by atoms with Gasteiger partial charge in [0.25, 0.3) is 5.91 Å². The molecule has 0 saturated heterocycles. The van der Waals surface area contributed by atoms with E-state index in [1.54, 1.807) is 19.9 Å². The first-order valence-electron chi connectivity index (χ1n) is 8.09. The summed E-state index contributed by atoms with van der Waals surface area (Å²) in [5.74, 6) is 1.14. The number of aryl methyl sites for hydroxylation is 2. The Morgan fingerprint density at radius 2 is 1.67 bits per heavy atom. The molecule has 0 aliphatic rings. The van der Waals surface area contributed by atoms with E-state index < -0.39 is 0 Å². The highest BCUT2D eigenvalue weighted by Crippen LogP contribution is 2.13. The Labute approximate surface area is 142 Å². The Kier molecular flexibility index (Phi) is 5.79. The van der Waals surface area contributed by atoms with Gasteiger partial charge < -0.3 is 4.42 Å². The van der Waals surface area contributed by atoms with Crippen LogP contribution in [0.5, 0.6) is 0 Å². The van der Waals surface area contributed by atoms with Crippen molar-refractivity contribution in [2.45, 2.75) is 40.5 Å². The molecule has 0 fully saturated rings. The number of hydrogen-bond acceptors (Lipinski definition) is 3. The number of nitrogens with one attached hydrogen (secondary N) is 2. The number of amides is 2. The van der Waals surface area contributed by atoms with E-state index in [1.807, 2.05) is 24.3 Å². The van der Waals surface area contributed by atoms with E-state index in [1.165, 1.54) is 5.56 Å². The van der Waals surface area contributed by atoms with Crippen LogP contribution in [0, 0.1) is 19.8 Å². The second kappa shape index (κ2) is 7.81. The van der Waals surface area contributed by atoms with Gasteiger partial charge in [-0.3, -0.25) is 20.4 Å². The van der Waals surface area contributed by atoms with E-state index in [-0.39, 0.29) is 18.2 Å². The molecule has 2 rings (SSSR count). The summed E-state index contributed by atoms with van der Waals surface area (Å²) in [5.41, 5.74) is 7.43. The third-order valence-electron chi connectivity index (χ3n) is 3.63. The molecule has 24 heavy (non-hydrogen) atoms. The maximum atomic E-state index is 12.0. The predicted molar refractivity (Wildman–Crippen MR) is 92.5 cm³/mol. The van der Waals surface area contributed by atoms with Crippen molar-refractivity contribution >= 4 is 11.8 Å². The highest BCUT2D eigenvalue weighted by molar-refractivity contribution is 5.96. The topological polar surface area (TPSA) is 71.3 Å². The average molecular weight is 328 g/mol. The maximum absolute atomic E-state index is 12.0. The smallest absolute Gasteiger partial charge is 0.273 e. The fourth-order valence-corrected chi connectivity index (χ4v) is 2.54. The van der Waals surface area contributed by atoms with Gasteiger partial charge in [0.1, 0.15) is 11.5 Å². The van der Waals surface area contributed by atoms with Gasteiger partial charge in [-0.05, 0) is 43.4 Å². The van der Waals surface area contributed by atoms with E-state index >= 15 is 0 Å². The molecule has 5 nitrogen and oxygen atoms in total. The van der Waals surface area contributed by atoms with Crippen molar-refractivity contribution in [2.24, 2.45) is 5.92 Å². The zero-order valence-corrected chi connectivity index (χ0v) is 14.6. The number of benzene rings is 1. The Morgan fingerprint density at radius 3 is 2.21 bits per heavy atom. The molecule has 1 aromatic carbocycles. The Morgan fingerprint density at radius 1 is 1.04 bits per heavy atom. The summed E-state index contributed by atoms with van der Waals surface area (Å²) in [6.45, 7) is 7.83. The fourth-order valence-electron chi connectivity index (χ4n) is 2.54. The molecule has 5 heteroatoms. The molecule has 0 spiro atoms. The Balaban J connectivity index is 1.85. The predicted octanol–water partition coefficient (Wildman–Crippen LogP) is 3.10. The number of furan rings is 1. The van der Waals surface area contributed by atoms with Crippen molar-refractivity contribution in [3.63, 3.8) is 0 Å². The van der Waals surface area contributed by atoms with Crippen LogP contribution < -0.4 is 10.9 Å². The van der Waals surface area contributed by atoms with Crippen molar-refractivity contribution in [3.8, 4) is 0 Å². The lowest BCUT2D eigenvalue weighted by molar-refractivity contribution is -0.121. The quantitative estimate of drug-likeness (QED) is 0.829. The third-order valence-corrected chi connectivity index (χ3v) is 3.63. The van der Waals surface area contributed by atoms with Crippen molar-refractivity contribution in [2.75, 3.05) is 0 Å². The van der Waals surface area contributed by atoms with E-state index in [2.05, 4.69) is 24.7 Å². The van der Waals surface area contributed by atoms with Crippen molar-refractivity contribution < 1.29 is 14.0 Å². The van der Waals surface area contributed by atoms with Crippen LogP contribution in [-0.2, 0) is 17.6 Å². The fraction of sp³-hybridized carbons (Fsp3) is 0.368. The van der Waals surface area contributed by atoms with Gasteiger partial charge in [-0.1, -0.05) is 38.1 Å². The number of carbonyl (C=O) groups excluding carboxylic acids is 2. The molecule has 2 aromatic rings. The molecular formula is C19H24N2O3. The van der Waals surface area contributed by atoms with Crippen LogP contribution in [0.4, 0.5) is 0 Å². The first-order valence-corrected chi connectivity index (χ1v) is 8.09. The van der Waals surface area contributed by atoms with Crippen LogP contribution in [0.25, 0.3) is 0 Å². The van der Waals surface area contributed by atoms with Gasteiger partial charge in [0.15, 0.2) is 0 Å². The summed E-state index contributed by atoms with van der Waals surface area (Å²) >= 11 is 0. The van der Waals surface area contributed by atoms with Crippen LogP contribution in [0.3, 0.4) is 0 Å². The van der Waals surface area contributed by atoms with Gasteiger partial charge in [-0.15, -0.1) is 0 Å². The summed E-state index contributed by atoms with van der Waals surface area (Å²) in [6.07, 6.45) is 1.23. The van der Waals surface area contributed by atoms with E-state index in [9.17, 15) is 9.59 Å². The van der Waals surface area contributed by atoms with Crippen LogP contribution in [-0.4, -0.2) is 11.8 Å². The van der Waals surface area contributed by atoms with Gasteiger partial charge in [0, 0.05) is 0 Å². The SMILES string of the molecule is Cc1cc(C(=O)NNC(=O)Cc2ccc(CC(C)C)cc2)c(C)o1. The molecule has 0 saturated carbocycles. The molecular weight excluding hydrogens is 304 g/mol. The highest BCUT2D eigenvalue weighted by Gasteiger charge is 2.14. The zero-order chi connectivity index (χ0) is 17.7. The van der Waals surface area contributed by atoms with Crippen molar-refractivity contribution in [1.29, 1.82) is 0 Å². The molecule has 0 aliphatic heterocycles. The molecule has 0 bridgehead atoms. The van der Waals surface area contributed by atoms with Gasteiger partial charge in [0.2, 0.25) is 5.91 Å². The van der Waals surface area contributed by atoms with Gasteiger partial charge >= 0.3 is 0 Å². The lowest BCUT2D eigenvalue weighted by Crippen LogP contribution is -2.42. The Bertz CT molecular complexity index is 715. The largest absolute Gasteiger partial charge is 0.466 e. The minimum Gasteiger partial charge on any atom is -0.466 e. The van der Waals surface area contributed by atoms with Crippen LogP contribution in [0.15, 0.2) is 34.7 Å². The second-order valence-electron chi connectivity index (χ2n) is 6.42. The standard InChI is InChI=1S/C19H24N2O3/c1-12(2)9-15-5-7-16(8-6-15)11-18(22)20-21-19(23)17-10-13(3)24-14(17)4/h5-8,10,12H,9,11H2,1-4H3,(H,20,22)(H,21,23). The minimum absolute atomic E-state index is 0.214. The number of hydrogen-bond donors (Lipinski definition) is 2. The molecule has 2 amide bonds. The summed E-state index contributed by atoms with van der Waals surface area (Å²) < 4.78 is 5.30. The normalized spacial score (nSPS) is 10.7. The molecule has 1 heterocycles. The van der Waals surface area contributed by atoms with Gasteiger partial charge in [-0.2, -0.15) is 0 Å². The van der Waals surface area contributed by atoms with E-state index in [0.29, 0.717) is 23.0 Å². The summed E-state index contributed by atoms with van der Waals surface area (Å²) in [6, 6.07) is 9.62. The maximum Gasteiger partial charge on any atom is 0.273 e. The third kappa shape index (κ3) is 4.98. The number of hydrazine groups is 1. The van der Waals surface area contributed by atoms with Crippen LogP contribution in [0.1, 0.15) is 46.9 Å². The number of carbonyl (C=O) groups is 2. The lowest BCUT2D eigenvalue weighted by Gasteiger charge is -2.08. The molecule has 0 unspecified atom stereocenters. The Hall–Kier alpha value is -2.56. The van der Waals surface area contributed by atoms with Crippen molar-refractivity contribution in [1.82, 2.24) is 10.9 Å². The summed E-state index contributed by atoms with van der Waals surface area (Å²) in [5, 5.41) is 0. The van der Waals surface area contributed by atoms with Gasteiger partial charge in [-0.25, -0.2) is 0 Å². The van der Waals surface area contributed by atoms with Crippen LogP contribution in [0.2, 0.25) is 0 Å². The first-order chi connectivity index (χ1) is 11.3. The minimum atomic E-state index is -0.384. The molecule has 1 aromatic heterocycles. The molecule has 128 valence electrons. The monoisotopic (exact) mass is 328 g/mol. The average Bonchev–Trinajstić information content (AvgIpc) is 2.85. The summed E-state index contributed by atoms with van der Waals surface area (Å²) in [4.78, 5) is 23.9. The van der Waals surface area contributed by atoms with Crippen LogP contribution >= 0.6 is 0 Å². The number of rotatable bonds is 5. The molecule has 2 N–H and O–H groups in total. The van der Waals surface area contributed by atoms with E-state index in [0.717, 1.165) is 12.0 Å². The van der Waals surface area contributed by atoms with E-state index in [4.69, 9.17) is 4.42 Å². The van der Waals surface area contributed by atoms with Gasteiger partial charge in [0.05, 0.1) is 12.0 Å².